The van der Waals surface area contributed by atoms with Crippen molar-refractivity contribution in [1.82, 2.24) is 0 Å². The second-order valence-corrected chi connectivity index (χ2v) is 3.16. The van der Waals surface area contributed by atoms with Crippen LogP contribution in [0, 0.1) is 0 Å². The number of carbonyl (C=O) groups excluding carboxylic acids is 1. The average molecular weight is 183 g/mol. The molecule has 0 atom stereocenters. The van der Waals surface area contributed by atoms with E-state index in [4.69, 9.17) is 16.3 Å². The molecule has 1 aliphatic heterocycles. The molecule has 0 aliphatic carbocycles. The Morgan fingerprint density at radius 2 is 2.17 bits per heavy atom. The maximum absolute atomic E-state index is 10.9. The van der Waals surface area contributed by atoms with Gasteiger partial charge in [0.25, 0.3) is 0 Å². The normalized spacial score (nSPS) is 15.2. The monoisotopic (exact) mass is 182 g/mol. The second kappa shape index (κ2) is 2.79. The van der Waals surface area contributed by atoms with Gasteiger partial charge in [0, 0.05) is 5.02 Å². The highest BCUT2D eigenvalue weighted by Gasteiger charge is 2.16. The van der Waals surface area contributed by atoms with Gasteiger partial charge in [0.15, 0.2) is 0 Å². The first-order valence-corrected chi connectivity index (χ1v) is 4.12. The quantitative estimate of drug-likeness (QED) is 0.454. The van der Waals surface area contributed by atoms with Crippen LogP contribution in [0.25, 0.3) is 0 Å². The minimum Gasteiger partial charge on any atom is -0.426 e. The summed E-state index contributed by atoms with van der Waals surface area (Å²) < 4.78 is 4.99. The van der Waals surface area contributed by atoms with Gasteiger partial charge in [0.2, 0.25) is 0 Å². The zero-order valence-electron chi connectivity index (χ0n) is 6.34. The first-order chi connectivity index (χ1) is 5.75. The van der Waals surface area contributed by atoms with E-state index in [0.717, 1.165) is 12.0 Å². The lowest BCUT2D eigenvalue weighted by Crippen LogP contribution is -2.15. The first kappa shape index (κ1) is 7.62. The van der Waals surface area contributed by atoms with Crippen LogP contribution < -0.4 is 4.74 Å². The van der Waals surface area contributed by atoms with E-state index in [9.17, 15) is 4.79 Å². The lowest BCUT2D eigenvalue weighted by molar-refractivity contribution is -0.135. The molecule has 12 heavy (non-hydrogen) atoms. The van der Waals surface area contributed by atoms with Gasteiger partial charge in [-0.15, -0.1) is 0 Å². The van der Waals surface area contributed by atoms with Crippen LogP contribution in [0.4, 0.5) is 0 Å². The van der Waals surface area contributed by atoms with Crippen LogP contribution in [0.2, 0.25) is 5.02 Å². The molecule has 1 aromatic rings. The minimum atomic E-state index is -0.162. The molecule has 1 aromatic carbocycles. The largest absolute Gasteiger partial charge is 0.426 e. The van der Waals surface area contributed by atoms with Gasteiger partial charge in [-0.2, -0.15) is 0 Å². The SMILES string of the molecule is O=C1CCc2cc(Cl)ccc2O1. The maximum Gasteiger partial charge on any atom is 0.311 e. The predicted molar refractivity (Wildman–Crippen MR) is 45.4 cm³/mol. The Balaban J connectivity index is 2.43. The van der Waals surface area contributed by atoms with Crippen LogP contribution in [0.3, 0.4) is 0 Å². The fourth-order valence-corrected chi connectivity index (χ4v) is 1.45. The summed E-state index contributed by atoms with van der Waals surface area (Å²) in [5, 5.41) is 0.687. The summed E-state index contributed by atoms with van der Waals surface area (Å²) in [7, 11) is 0. The number of ether oxygens (including phenoxy) is 1. The summed E-state index contributed by atoms with van der Waals surface area (Å²) in [5.74, 6) is 0.487. The van der Waals surface area contributed by atoms with Gasteiger partial charge in [-0.05, 0) is 30.2 Å². The second-order valence-electron chi connectivity index (χ2n) is 2.73. The molecule has 0 saturated heterocycles. The van der Waals surface area contributed by atoms with Gasteiger partial charge in [0.1, 0.15) is 5.75 Å². The van der Waals surface area contributed by atoms with E-state index in [1.807, 2.05) is 6.07 Å². The Morgan fingerprint density at radius 1 is 1.33 bits per heavy atom. The average Bonchev–Trinajstić information content (AvgIpc) is 2.05. The van der Waals surface area contributed by atoms with Gasteiger partial charge >= 0.3 is 5.97 Å². The van der Waals surface area contributed by atoms with E-state index in [1.165, 1.54) is 0 Å². The Kier molecular flexibility index (Phi) is 1.77. The Bertz CT molecular complexity index is 333. The zero-order valence-corrected chi connectivity index (χ0v) is 7.10. The van der Waals surface area contributed by atoms with Gasteiger partial charge in [-0.3, -0.25) is 4.79 Å². The van der Waals surface area contributed by atoms with Crippen molar-refractivity contribution >= 4 is 17.6 Å². The number of carbonyl (C=O) groups is 1. The number of esters is 1. The predicted octanol–water partition coefficient (Wildman–Crippen LogP) is 2.19. The minimum absolute atomic E-state index is 0.162. The Labute approximate surface area is 75.1 Å². The standard InChI is InChI=1S/C9H7ClO2/c10-7-2-3-8-6(5-7)1-4-9(11)12-8/h2-3,5H,1,4H2. The van der Waals surface area contributed by atoms with E-state index in [2.05, 4.69) is 0 Å². The zero-order chi connectivity index (χ0) is 8.55. The van der Waals surface area contributed by atoms with Crippen LogP contribution in [0.1, 0.15) is 12.0 Å². The Morgan fingerprint density at radius 3 is 3.00 bits per heavy atom. The van der Waals surface area contributed by atoms with Crippen LogP contribution in [0.5, 0.6) is 5.75 Å². The fourth-order valence-electron chi connectivity index (χ4n) is 1.25. The highest BCUT2D eigenvalue weighted by molar-refractivity contribution is 6.30. The summed E-state index contributed by atoms with van der Waals surface area (Å²) in [6, 6.07) is 5.29. The van der Waals surface area contributed by atoms with Crippen LogP contribution in [-0.2, 0) is 11.2 Å². The third kappa shape index (κ3) is 1.30. The van der Waals surface area contributed by atoms with Gasteiger partial charge in [-0.25, -0.2) is 0 Å². The number of halogens is 1. The molecule has 2 rings (SSSR count). The molecule has 0 N–H and O–H groups in total. The smallest absolute Gasteiger partial charge is 0.311 e. The first-order valence-electron chi connectivity index (χ1n) is 3.75. The number of hydrogen-bond acceptors (Lipinski definition) is 2. The molecule has 3 heteroatoms. The van der Waals surface area contributed by atoms with E-state index < -0.39 is 0 Å². The summed E-state index contributed by atoms with van der Waals surface area (Å²) in [6.45, 7) is 0. The van der Waals surface area contributed by atoms with Gasteiger partial charge in [-0.1, -0.05) is 11.6 Å². The van der Waals surface area contributed by atoms with Crippen molar-refractivity contribution in [2.45, 2.75) is 12.8 Å². The molecule has 0 bridgehead atoms. The number of hydrogen-bond donors (Lipinski definition) is 0. The summed E-state index contributed by atoms with van der Waals surface area (Å²) in [6.07, 6.45) is 1.18. The van der Waals surface area contributed by atoms with Crippen molar-refractivity contribution < 1.29 is 9.53 Å². The van der Waals surface area contributed by atoms with Crippen LogP contribution >= 0.6 is 11.6 Å². The summed E-state index contributed by atoms with van der Waals surface area (Å²) >= 11 is 5.77. The summed E-state index contributed by atoms with van der Waals surface area (Å²) in [5.41, 5.74) is 1.02. The molecular weight excluding hydrogens is 176 g/mol. The molecule has 0 spiro atoms. The molecule has 2 nitrogen and oxygen atoms in total. The fraction of sp³-hybridized carbons (Fsp3) is 0.222. The molecule has 62 valence electrons. The molecule has 0 unspecified atom stereocenters. The number of aryl methyl sites for hydroxylation is 1. The number of fused-ring (bicyclic) bond motifs is 1. The molecule has 1 heterocycles. The topological polar surface area (TPSA) is 26.3 Å². The highest BCUT2D eigenvalue weighted by Crippen LogP contribution is 2.27. The highest BCUT2D eigenvalue weighted by atomic mass is 35.5. The third-order valence-corrected chi connectivity index (χ3v) is 2.08. The lowest BCUT2D eigenvalue weighted by Gasteiger charge is -2.14. The van der Waals surface area contributed by atoms with E-state index in [1.54, 1.807) is 12.1 Å². The van der Waals surface area contributed by atoms with Crippen molar-refractivity contribution in [3.05, 3.63) is 28.8 Å². The number of rotatable bonds is 0. The lowest BCUT2D eigenvalue weighted by atomic mass is 10.1. The summed E-state index contributed by atoms with van der Waals surface area (Å²) in [4.78, 5) is 10.9. The van der Waals surface area contributed by atoms with Crippen molar-refractivity contribution in [2.24, 2.45) is 0 Å². The van der Waals surface area contributed by atoms with Crippen molar-refractivity contribution in [3.63, 3.8) is 0 Å². The number of benzene rings is 1. The van der Waals surface area contributed by atoms with Crippen molar-refractivity contribution in [1.29, 1.82) is 0 Å². The molecule has 0 saturated carbocycles. The maximum atomic E-state index is 10.9. The molecule has 0 fully saturated rings. The molecule has 0 radical (unpaired) electrons. The third-order valence-electron chi connectivity index (χ3n) is 1.84. The van der Waals surface area contributed by atoms with Gasteiger partial charge in [0.05, 0.1) is 6.42 Å². The van der Waals surface area contributed by atoms with Crippen LogP contribution in [0.15, 0.2) is 18.2 Å². The molecule has 1 aliphatic rings. The molecular formula is C9H7ClO2. The van der Waals surface area contributed by atoms with E-state index >= 15 is 0 Å². The van der Waals surface area contributed by atoms with Crippen LogP contribution in [-0.4, -0.2) is 5.97 Å². The van der Waals surface area contributed by atoms with Crippen molar-refractivity contribution in [2.75, 3.05) is 0 Å². The molecule has 0 amide bonds. The molecule has 0 aromatic heterocycles. The van der Waals surface area contributed by atoms with Crippen molar-refractivity contribution in [3.8, 4) is 5.75 Å². The van der Waals surface area contributed by atoms with Gasteiger partial charge < -0.3 is 4.74 Å². The van der Waals surface area contributed by atoms with E-state index in [-0.39, 0.29) is 5.97 Å². The Hall–Kier alpha value is -1.02. The van der Waals surface area contributed by atoms with E-state index in [0.29, 0.717) is 17.2 Å².